The standard InChI is InChI=1S/C9H9NOS/c12-9-5-6-11-8-4-2-1-3-7(8)10-9/h1-4H,5-6H2,(H,10,12). The first kappa shape index (κ1) is 7.55. The van der Waals surface area contributed by atoms with Gasteiger partial charge in [0.25, 0.3) is 0 Å². The first-order valence-electron chi connectivity index (χ1n) is 3.88. The summed E-state index contributed by atoms with van der Waals surface area (Å²) in [4.78, 5) is 0.847. The van der Waals surface area contributed by atoms with Crippen molar-refractivity contribution in [3.63, 3.8) is 0 Å². The molecule has 62 valence electrons. The molecule has 1 aromatic carbocycles. The minimum atomic E-state index is 0.669. The van der Waals surface area contributed by atoms with Crippen molar-refractivity contribution in [2.24, 2.45) is 0 Å². The summed E-state index contributed by atoms with van der Waals surface area (Å²) < 4.78 is 5.47. The van der Waals surface area contributed by atoms with Crippen molar-refractivity contribution in [1.82, 2.24) is 0 Å². The largest absolute Gasteiger partial charge is 0.491 e. The zero-order valence-electron chi connectivity index (χ0n) is 6.54. The maximum Gasteiger partial charge on any atom is 0.142 e. The number of benzene rings is 1. The summed E-state index contributed by atoms with van der Waals surface area (Å²) in [5, 5.41) is 3.13. The summed E-state index contributed by atoms with van der Waals surface area (Å²) in [5.41, 5.74) is 0.972. The highest BCUT2D eigenvalue weighted by molar-refractivity contribution is 7.80. The van der Waals surface area contributed by atoms with Crippen LogP contribution >= 0.6 is 12.2 Å². The predicted octanol–water partition coefficient (Wildman–Crippen LogP) is 2.21. The first-order chi connectivity index (χ1) is 5.86. The van der Waals surface area contributed by atoms with E-state index in [0.717, 1.165) is 22.8 Å². The third-order valence-electron chi connectivity index (χ3n) is 1.75. The van der Waals surface area contributed by atoms with Crippen LogP contribution in [0.25, 0.3) is 0 Å². The highest BCUT2D eigenvalue weighted by Gasteiger charge is 2.09. The summed E-state index contributed by atoms with van der Waals surface area (Å²) in [6.45, 7) is 0.669. The van der Waals surface area contributed by atoms with E-state index in [0.29, 0.717) is 6.61 Å². The third-order valence-corrected chi connectivity index (χ3v) is 2.05. The Kier molecular flexibility index (Phi) is 1.96. The van der Waals surface area contributed by atoms with E-state index in [9.17, 15) is 0 Å². The number of hydrogen-bond donors (Lipinski definition) is 1. The number of fused-ring (bicyclic) bond motifs is 1. The van der Waals surface area contributed by atoms with Crippen LogP contribution in [0.1, 0.15) is 6.42 Å². The van der Waals surface area contributed by atoms with Gasteiger partial charge in [0.15, 0.2) is 0 Å². The van der Waals surface area contributed by atoms with Crippen molar-refractivity contribution in [2.45, 2.75) is 6.42 Å². The maximum absolute atomic E-state index is 5.47. The highest BCUT2D eigenvalue weighted by atomic mass is 32.1. The molecule has 1 aliphatic heterocycles. The Hall–Kier alpha value is -1.09. The van der Waals surface area contributed by atoms with E-state index >= 15 is 0 Å². The zero-order chi connectivity index (χ0) is 8.39. The normalized spacial score (nSPS) is 15.5. The van der Waals surface area contributed by atoms with Gasteiger partial charge in [-0.1, -0.05) is 24.4 Å². The van der Waals surface area contributed by atoms with Gasteiger partial charge in [-0.05, 0) is 12.1 Å². The van der Waals surface area contributed by atoms with E-state index in [4.69, 9.17) is 17.0 Å². The number of ether oxygens (including phenoxy) is 1. The Morgan fingerprint density at radius 3 is 3.08 bits per heavy atom. The molecule has 2 nitrogen and oxygen atoms in total. The second kappa shape index (κ2) is 3.11. The van der Waals surface area contributed by atoms with Gasteiger partial charge in [0, 0.05) is 6.42 Å². The van der Waals surface area contributed by atoms with Crippen molar-refractivity contribution in [1.29, 1.82) is 0 Å². The molecule has 1 aliphatic rings. The van der Waals surface area contributed by atoms with E-state index in [-0.39, 0.29) is 0 Å². The van der Waals surface area contributed by atoms with E-state index in [2.05, 4.69) is 5.32 Å². The average molecular weight is 179 g/mol. The van der Waals surface area contributed by atoms with Gasteiger partial charge >= 0.3 is 0 Å². The fourth-order valence-corrected chi connectivity index (χ4v) is 1.36. The van der Waals surface area contributed by atoms with Gasteiger partial charge in [-0.2, -0.15) is 0 Å². The molecule has 12 heavy (non-hydrogen) atoms. The SMILES string of the molecule is S=C1CCOc2ccccc2N1. The molecule has 0 radical (unpaired) electrons. The Balaban J connectivity index is 2.37. The van der Waals surface area contributed by atoms with Gasteiger partial charge in [-0.3, -0.25) is 0 Å². The van der Waals surface area contributed by atoms with E-state index in [1.54, 1.807) is 0 Å². The summed E-state index contributed by atoms with van der Waals surface area (Å²) >= 11 is 5.08. The zero-order valence-corrected chi connectivity index (χ0v) is 7.36. The molecule has 0 amide bonds. The highest BCUT2D eigenvalue weighted by Crippen LogP contribution is 2.25. The molecule has 0 fully saturated rings. The molecule has 1 heterocycles. The molecule has 0 saturated carbocycles. The molecule has 0 bridgehead atoms. The Labute approximate surface area is 76.5 Å². The lowest BCUT2D eigenvalue weighted by Crippen LogP contribution is -2.07. The molecular weight excluding hydrogens is 170 g/mol. The minimum Gasteiger partial charge on any atom is -0.491 e. The molecular formula is C9H9NOS. The van der Waals surface area contributed by atoms with Crippen molar-refractivity contribution in [3.8, 4) is 5.75 Å². The van der Waals surface area contributed by atoms with Crippen LogP contribution in [0.2, 0.25) is 0 Å². The smallest absolute Gasteiger partial charge is 0.142 e. The van der Waals surface area contributed by atoms with Crippen molar-refractivity contribution >= 4 is 22.9 Å². The molecule has 0 aliphatic carbocycles. The van der Waals surface area contributed by atoms with Crippen LogP contribution in [0.4, 0.5) is 5.69 Å². The molecule has 0 aromatic heterocycles. The summed E-state index contributed by atoms with van der Waals surface area (Å²) in [5.74, 6) is 0.886. The molecule has 0 atom stereocenters. The summed E-state index contributed by atoms with van der Waals surface area (Å²) in [6, 6.07) is 7.82. The molecule has 2 rings (SSSR count). The minimum absolute atomic E-state index is 0.669. The number of nitrogens with one attached hydrogen (secondary N) is 1. The lowest BCUT2D eigenvalue weighted by Gasteiger charge is -2.05. The van der Waals surface area contributed by atoms with E-state index in [1.165, 1.54) is 0 Å². The number of anilines is 1. The molecule has 0 spiro atoms. The van der Waals surface area contributed by atoms with Crippen molar-refractivity contribution < 1.29 is 4.74 Å². The fraction of sp³-hybridized carbons (Fsp3) is 0.222. The summed E-state index contributed by atoms with van der Waals surface area (Å²) in [7, 11) is 0. The lowest BCUT2D eigenvalue weighted by atomic mass is 10.3. The number of para-hydroxylation sites is 2. The Morgan fingerprint density at radius 1 is 1.33 bits per heavy atom. The van der Waals surface area contributed by atoms with Crippen LogP contribution in [0.15, 0.2) is 24.3 Å². The van der Waals surface area contributed by atoms with E-state index < -0.39 is 0 Å². The molecule has 1 N–H and O–H groups in total. The number of hydrogen-bond acceptors (Lipinski definition) is 2. The molecule has 0 saturated heterocycles. The average Bonchev–Trinajstić information content (AvgIpc) is 2.25. The Bertz CT molecular complexity index is 311. The van der Waals surface area contributed by atoms with Crippen LogP contribution < -0.4 is 10.1 Å². The van der Waals surface area contributed by atoms with Gasteiger partial charge in [0.2, 0.25) is 0 Å². The number of rotatable bonds is 0. The predicted molar refractivity (Wildman–Crippen MR) is 52.8 cm³/mol. The second-order valence-corrected chi connectivity index (χ2v) is 3.14. The van der Waals surface area contributed by atoms with Crippen LogP contribution in [0, 0.1) is 0 Å². The molecule has 0 unspecified atom stereocenters. The topological polar surface area (TPSA) is 21.3 Å². The van der Waals surface area contributed by atoms with Gasteiger partial charge in [0.05, 0.1) is 17.3 Å². The monoisotopic (exact) mass is 179 g/mol. The van der Waals surface area contributed by atoms with Crippen LogP contribution in [-0.2, 0) is 0 Å². The third kappa shape index (κ3) is 1.41. The summed E-state index contributed by atoms with van der Waals surface area (Å²) in [6.07, 6.45) is 0.796. The fourth-order valence-electron chi connectivity index (χ4n) is 1.16. The second-order valence-electron chi connectivity index (χ2n) is 2.64. The maximum atomic E-state index is 5.47. The lowest BCUT2D eigenvalue weighted by molar-refractivity contribution is 0.334. The van der Waals surface area contributed by atoms with Crippen LogP contribution in [-0.4, -0.2) is 11.6 Å². The van der Waals surface area contributed by atoms with Crippen LogP contribution in [0.3, 0.4) is 0 Å². The quantitative estimate of drug-likeness (QED) is 0.617. The van der Waals surface area contributed by atoms with Gasteiger partial charge in [-0.15, -0.1) is 0 Å². The van der Waals surface area contributed by atoms with Gasteiger partial charge < -0.3 is 10.1 Å². The van der Waals surface area contributed by atoms with Crippen LogP contribution in [0.5, 0.6) is 5.75 Å². The molecule has 3 heteroatoms. The van der Waals surface area contributed by atoms with Gasteiger partial charge in [0.1, 0.15) is 5.75 Å². The van der Waals surface area contributed by atoms with Crippen molar-refractivity contribution in [3.05, 3.63) is 24.3 Å². The van der Waals surface area contributed by atoms with Crippen molar-refractivity contribution in [2.75, 3.05) is 11.9 Å². The van der Waals surface area contributed by atoms with Gasteiger partial charge in [-0.25, -0.2) is 0 Å². The van der Waals surface area contributed by atoms with E-state index in [1.807, 2.05) is 24.3 Å². The Morgan fingerprint density at radius 2 is 2.17 bits per heavy atom. The number of thiocarbonyl (C=S) groups is 1. The molecule has 1 aromatic rings. The first-order valence-corrected chi connectivity index (χ1v) is 4.29.